The van der Waals surface area contributed by atoms with Crippen molar-refractivity contribution in [2.24, 2.45) is 11.8 Å². The molecule has 2 aliphatic carbocycles. The average molecular weight is 168 g/mol. The Bertz CT molecular complexity index is 222. The highest BCUT2D eigenvalue weighted by Gasteiger charge is 2.38. The van der Waals surface area contributed by atoms with Crippen LogP contribution in [-0.4, -0.2) is 19.4 Å². The van der Waals surface area contributed by atoms with E-state index < -0.39 is 6.16 Å². The molecule has 0 amide bonds. The molecule has 1 fully saturated rings. The zero-order valence-corrected chi connectivity index (χ0v) is 7.03. The van der Waals surface area contributed by atoms with Crippen molar-refractivity contribution in [3.05, 3.63) is 12.2 Å². The Hall–Kier alpha value is -0.990. The van der Waals surface area contributed by atoms with Crippen molar-refractivity contribution in [1.29, 1.82) is 0 Å². The predicted molar refractivity (Wildman–Crippen MR) is 42.6 cm³/mol. The third-order valence-corrected chi connectivity index (χ3v) is 2.63. The molecule has 2 rings (SSSR count). The van der Waals surface area contributed by atoms with Crippen LogP contribution in [0.15, 0.2) is 12.2 Å². The lowest BCUT2D eigenvalue weighted by molar-refractivity contribution is 0.0277. The van der Waals surface area contributed by atoms with E-state index in [1.165, 1.54) is 7.11 Å². The third kappa shape index (κ3) is 1.19. The number of rotatable bonds is 1. The summed E-state index contributed by atoms with van der Waals surface area (Å²) >= 11 is 0. The quantitative estimate of drug-likeness (QED) is 0.442. The highest BCUT2D eigenvalue weighted by Crippen LogP contribution is 2.40. The molecule has 3 nitrogen and oxygen atoms in total. The van der Waals surface area contributed by atoms with Gasteiger partial charge in [-0.2, -0.15) is 0 Å². The van der Waals surface area contributed by atoms with Gasteiger partial charge in [-0.3, -0.25) is 0 Å². The maximum atomic E-state index is 10.8. The first-order valence-corrected chi connectivity index (χ1v) is 4.22. The van der Waals surface area contributed by atoms with Crippen LogP contribution in [0.25, 0.3) is 0 Å². The first-order valence-electron chi connectivity index (χ1n) is 4.22. The molecular weight excluding hydrogens is 156 g/mol. The molecule has 3 atom stereocenters. The molecular formula is C9H12O3. The van der Waals surface area contributed by atoms with Crippen LogP contribution >= 0.6 is 0 Å². The van der Waals surface area contributed by atoms with Crippen LogP contribution in [0.1, 0.15) is 12.8 Å². The monoisotopic (exact) mass is 168 g/mol. The van der Waals surface area contributed by atoms with Crippen LogP contribution in [0.3, 0.4) is 0 Å². The van der Waals surface area contributed by atoms with Gasteiger partial charge in [0.1, 0.15) is 6.10 Å². The Morgan fingerprint density at radius 1 is 1.42 bits per heavy atom. The fraction of sp³-hybridized carbons (Fsp3) is 0.667. The molecule has 0 N–H and O–H groups in total. The maximum absolute atomic E-state index is 10.8. The summed E-state index contributed by atoms with van der Waals surface area (Å²) in [7, 11) is 1.34. The lowest BCUT2D eigenvalue weighted by atomic mass is 10.1. The molecule has 0 aromatic rings. The van der Waals surface area contributed by atoms with Gasteiger partial charge in [0.05, 0.1) is 7.11 Å². The second-order valence-corrected chi connectivity index (χ2v) is 3.39. The Balaban J connectivity index is 1.91. The normalized spacial score (nSPS) is 36.9. The molecule has 3 heteroatoms. The van der Waals surface area contributed by atoms with Gasteiger partial charge in [0.15, 0.2) is 0 Å². The number of hydrogen-bond acceptors (Lipinski definition) is 3. The van der Waals surface area contributed by atoms with Crippen LogP contribution in [0, 0.1) is 11.8 Å². The van der Waals surface area contributed by atoms with E-state index in [1.807, 2.05) is 0 Å². The molecule has 12 heavy (non-hydrogen) atoms. The van der Waals surface area contributed by atoms with Crippen molar-refractivity contribution in [3.8, 4) is 0 Å². The summed E-state index contributed by atoms with van der Waals surface area (Å²) in [5.74, 6) is 1.07. The van der Waals surface area contributed by atoms with Gasteiger partial charge in [0.25, 0.3) is 0 Å². The van der Waals surface area contributed by atoms with Gasteiger partial charge in [0.2, 0.25) is 0 Å². The van der Waals surface area contributed by atoms with Crippen molar-refractivity contribution < 1.29 is 14.3 Å². The highest BCUT2D eigenvalue weighted by atomic mass is 16.7. The van der Waals surface area contributed by atoms with Gasteiger partial charge in [-0.25, -0.2) is 4.79 Å². The molecule has 0 saturated heterocycles. The first-order chi connectivity index (χ1) is 5.79. The number of fused-ring (bicyclic) bond motifs is 2. The van der Waals surface area contributed by atoms with Gasteiger partial charge >= 0.3 is 6.16 Å². The summed E-state index contributed by atoms with van der Waals surface area (Å²) in [5.41, 5.74) is 0. The zero-order chi connectivity index (χ0) is 8.55. The number of methoxy groups -OCH3 is 1. The lowest BCUT2D eigenvalue weighted by Gasteiger charge is -2.17. The summed E-state index contributed by atoms with van der Waals surface area (Å²) < 4.78 is 9.52. The lowest BCUT2D eigenvalue weighted by Crippen LogP contribution is -2.22. The van der Waals surface area contributed by atoms with Crippen molar-refractivity contribution in [2.45, 2.75) is 18.9 Å². The molecule has 0 spiro atoms. The minimum atomic E-state index is -0.555. The van der Waals surface area contributed by atoms with Crippen LogP contribution in [-0.2, 0) is 9.47 Å². The zero-order valence-electron chi connectivity index (χ0n) is 7.03. The van der Waals surface area contributed by atoms with E-state index in [4.69, 9.17) is 4.74 Å². The fourth-order valence-electron chi connectivity index (χ4n) is 2.04. The molecule has 1 saturated carbocycles. The van der Waals surface area contributed by atoms with E-state index in [-0.39, 0.29) is 6.10 Å². The molecule has 0 aromatic carbocycles. The smallest absolute Gasteiger partial charge is 0.438 e. The molecule has 0 radical (unpaired) electrons. The number of carbonyl (C=O) groups excluding carboxylic acids is 1. The van der Waals surface area contributed by atoms with Crippen molar-refractivity contribution in [3.63, 3.8) is 0 Å². The Morgan fingerprint density at radius 3 is 2.75 bits per heavy atom. The molecule has 0 aliphatic heterocycles. The largest absolute Gasteiger partial charge is 0.508 e. The molecule has 2 aliphatic rings. The number of allylic oxidation sites excluding steroid dienone is 1. The predicted octanol–water partition coefficient (Wildman–Crippen LogP) is 1.73. The molecule has 2 bridgehead atoms. The molecule has 0 aromatic heterocycles. The molecule has 66 valence electrons. The SMILES string of the molecule is COC(=O)OC1CC2C=CC1C2. The van der Waals surface area contributed by atoms with Crippen molar-refractivity contribution in [1.82, 2.24) is 0 Å². The highest BCUT2D eigenvalue weighted by molar-refractivity contribution is 5.60. The van der Waals surface area contributed by atoms with E-state index in [1.54, 1.807) is 0 Å². The summed E-state index contributed by atoms with van der Waals surface area (Å²) in [5, 5.41) is 0. The van der Waals surface area contributed by atoms with E-state index in [0.29, 0.717) is 11.8 Å². The van der Waals surface area contributed by atoms with Gasteiger partial charge in [0, 0.05) is 5.92 Å². The number of hydrogen-bond donors (Lipinski definition) is 0. The summed E-state index contributed by atoms with van der Waals surface area (Å²) in [4.78, 5) is 10.8. The minimum absolute atomic E-state index is 0.0625. The summed E-state index contributed by atoms with van der Waals surface area (Å²) in [6, 6.07) is 0. The van der Waals surface area contributed by atoms with E-state index in [0.717, 1.165) is 12.8 Å². The number of carbonyl (C=O) groups is 1. The average Bonchev–Trinajstić information content (AvgIpc) is 2.64. The van der Waals surface area contributed by atoms with Crippen LogP contribution in [0.5, 0.6) is 0 Å². The van der Waals surface area contributed by atoms with Gasteiger partial charge in [-0.05, 0) is 18.8 Å². The Labute approximate surface area is 71.3 Å². The van der Waals surface area contributed by atoms with Crippen LogP contribution < -0.4 is 0 Å². The van der Waals surface area contributed by atoms with Crippen LogP contribution in [0.2, 0.25) is 0 Å². The van der Waals surface area contributed by atoms with Crippen LogP contribution in [0.4, 0.5) is 4.79 Å². The minimum Gasteiger partial charge on any atom is -0.438 e. The fourth-order valence-corrected chi connectivity index (χ4v) is 2.04. The van der Waals surface area contributed by atoms with E-state index in [9.17, 15) is 4.79 Å². The van der Waals surface area contributed by atoms with E-state index in [2.05, 4.69) is 16.9 Å². The van der Waals surface area contributed by atoms with Crippen molar-refractivity contribution >= 4 is 6.16 Å². The third-order valence-electron chi connectivity index (χ3n) is 2.63. The topological polar surface area (TPSA) is 35.5 Å². The van der Waals surface area contributed by atoms with Gasteiger partial charge < -0.3 is 9.47 Å². The maximum Gasteiger partial charge on any atom is 0.508 e. The first kappa shape index (κ1) is 7.65. The van der Waals surface area contributed by atoms with Gasteiger partial charge in [-0.1, -0.05) is 12.2 Å². The Kier molecular flexibility index (Phi) is 1.79. The molecule has 0 heterocycles. The second-order valence-electron chi connectivity index (χ2n) is 3.39. The standard InChI is InChI=1S/C9H12O3/c1-11-9(10)12-8-5-6-2-3-7(8)4-6/h2-3,6-8H,4-5H2,1H3. The van der Waals surface area contributed by atoms with E-state index >= 15 is 0 Å². The summed E-state index contributed by atoms with van der Waals surface area (Å²) in [6.07, 6.45) is 5.97. The van der Waals surface area contributed by atoms with Crippen molar-refractivity contribution in [2.75, 3.05) is 7.11 Å². The number of ether oxygens (including phenoxy) is 2. The summed E-state index contributed by atoms with van der Waals surface area (Å²) in [6.45, 7) is 0. The molecule has 3 unspecified atom stereocenters. The van der Waals surface area contributed by atoms with Gasteiger partial charge in [-0.15, -0.1) is 0 Å². The Morgan fingerprint density at radius 2 is 2.25 bits per heavy atom. The second kappa shape index (κ2) is 2.81.